The van der Waals surface area contributed by atoms with Crippen molar-refractivity contribution >= 4 is 31.8 Å². The van der Waals surface area contributed by atoms with Crippen LogP contribution in [-0.4, -0.2) is 55.8 Å². The minimum absolute atomic E-state index is 0.234. The van der Waals surface area contributed by atoms with E-state index in [4.69, 9.17) is 4.74 Å². The fraction of sp³-hybridized carbons (Fsp3) is 0.308. The average Bonchev–Trinajstić information content (AvgIpc) is 3.59. The van der Waals surface area contributed by atoms with Crippen LogP contribution in [0.15, 0.2) is 53.6 Å². The first-order valence-electron chi connectivity index (χ1n) is 11.2. The highest BCUT2D eigenvalue weighted by molar-refractivity contribution is 7.92. The smallest absolute Gasteiger partial charge is 0.181 e. The van der Waals surface area contributed by atoms with Crippen LogP contribution in [0.2, 0.25) is 0 Å². The van der Waals surface area contributed by atoms with Crippen LogP contribution in [0.3, 0.4) is 0 Å². The van der Waals surface area contributed by atoms with Gasteiger partial charge in [-0.1, -0.05) is 12.1 Å². The third-order valence-electron chi connectivity index (χ3n) is 5.99. The van der Waals surface area contributed by atoms with Crippen LogP contribution >= 0.6 is 0 Å². The molecule has 0 aliphatic heterocycles. The topological polar surface area (TPSA) is 75.3 Å². The lowest BCUT2D eigenvalue weighted by atomic mass is 9.99. The Morgan fingerprint density at radius 1 is 1.18 bits per heavy atom. The third kappa shape index (κ3) is 4.23. The van der Waals surface area contributed by atoms with Gasteiger partial charge in [0.15, 0.2) is 9.84 Å². The van der Waals surface area contributed by atoms with Crippen LogP contribution in [-0.2, 0) is 9.84 Å². The average molecular weight is 463 g/mol. The third-order valence-corrected chi connectivity index (χ3v) is 8.25. The predicted octanol–water partition coefficient (Wildman–Crippen LogP) is 4.77. The number of benzene rings is 2. The summed E-state index contributed by atoms with van der Waals surface area (Å²) in [5, 5.41) is 1.76. The predicted molar refractivity (Wildman–Crippen MR) is 132 cm³/mol. The largest absolute Gasteiger partial charge is 0.491 e. The highest BCUT2D eigenvalue weighted by Crippen LogP contribution is 2.40. The number of sulfone groups is 1. The molecule has 5 rings (SSSR count). The molecule has 0 atom stereocenters. The fourth-order valence-electron chi connectivity index (χ4n) is 4.20. The van der Waals surface area contributed by atoms with Crippen molar-refractivity contribution in [2.75, 3.05) is 27.2 Å². The van der Waals surface area contributed by atoms with Gasteiger partial charge in [0.2, 0.25) is 0 Å². The number of hydrogen-bond donors (Lipinski definition) is 1. The first-order chi connectivity index (χ1) is 15.8. The van der Waals surface area contributed by atoms with E-state index in [1.165, 1.54) is 0 Å². The van der Waals surface area contributed by atoms with Gasteiger partial charge in [-0.25, -0.2) is 13.4 Å². The van der Waals surface area contributed by atoms with Crippen molar-refractivity contribution in [1.29, 1.82) is 0 Å². The zero-order chi connectivity index (χ0) is 23.2. The van der Waals surface area contributed by atoms with E-state index < -0.39 is 9.84 Å². The summed E-state index contributed by atoms with van der Waals surface area (Å²) in [6, 6.07) is 13.4. The highest BCUT2D eigenvalue weighted by Gasteiger charge is 2.37. The van der Waals surface area contributed by atoms with Crippen molar-refractivity contribution in [3.05, 3.63) is 60.6 Å². The SMILES string of the molecule is Cc1cnc2[nH]c3c(OC[CH]CN(C)C)ccc(-c4cccc(S(=O)(=O)C5CC5)c4)c3c2c1. The lowest BCUT2D eigenvalue weighted by molar-refractivity contribution is 0.330. The normalized spacial score (nSPS) is 14.4. The molecule has 0 bridgehead atoms. The number of aromatic nitrogens is 2. The molecule has 1 radical (unpaired) electrons. The molecule has 6 nitrogen and oxygen atoms in total. The molecular weight excluding hydrogens is 434 g/mol. The maximum atomic E-state index is 12.9. The number of hydrogen-bond acceptors (Lipinski definition) is 5. The summed E-state index contributed by atoms with van der Waals surface area (Å²) in [6.45, 7) is 3.34. The van der Waals surface area contributed by atoms with Gasteiger partial charge in [0.05, 0.1) is 22.3 Å². The Morgan fingerprint density at radius 3 is 2.76 bits per heavy atom. The Hall–Kier alpha value is -2.90. The van der Waals surface area contributed by atoms with E-state index in [1.807, 2.05) is 51.5 Å². The van der Waals surface area contributed by atoms with E-state index in [0.29, 0.717) is 11.5 Å². The summed E-state index contributed by atoms with van der Waals surface area (Å²) in [7, 11) is 0.773. The van der Waals surface area contributed by atoms with E-state index in [1.54, 1.807) is 12.1 Å². The van der Waals surface area contributed by atoms with Crippen molar-refractivity contribution in [3.8, 4) is 16.9 Å². The van der Waals surface area contributed by atoms with Crippen LogP contribution in [0.25, 0.3) is 33.1 Å². The number of ether oxygens (including phenoxy) is 1. The van der Waals surface area contributed by atoms with Crippen LogP contribution in [0.4, 0.5) is 0 Å². The minimum Gasteiger partial charge on any atom is -0.491 e. The number of H-pyrrole nitrogens is 1. The summed E-state index contributed by atoms with van der Waals surface area (Å²) in [5.74, 6) is 0.751. The van der Waals surface area contributed by atoms with E-state index in [2.05, 4.69) is 27.4 Å². The monoisotopic (exact) mass is 462 g/mol. The highest BCUT2D eigenvalue weighted by atomic mass is 32.2. The Labute approximate surface area is 194 Å². The number of pyridine rings is 1. The maximum absolute atomic E-state index is 12.9. The quantitative estimate of drug-likeness (QED) is 0.382. The van der Waals surface area contributed by atoms with Gasteiger partial charge < -0.3 is 14.6 Å². The summed E-state index contributed by atoms with van der Waals surface area (Å²) in [4.78, 5) is 10.5. The molecule has 0 amide bonds. The molecule has 171 valence electrons. The second-order valence-electron chi connectivity index (χ2n) is 9.03. The minimum atomic E-state index is -3.27. The Morgan fingerprint density at radius 2 is 2.00 bits per heavy atom. The molecule has 2 heterocycles. The number of aryl methyl sites for hydroxylation is 1. The lowest BCUT2D eigenvalue weighted by Gasteiger charge is -2.13. The summed E-state index contributed by atoms with van der Waals surface area (Å²) in [5.41, 5.74) is 4.54. The van der Waals surface area contributed by atoms with Gasteiger partial charge in [0.1, 0.15) is 11.4 Å². The first kappa shape index (κ1) is 21.9. The molecule has 2 aromatic carbocycles. The molecule has 0 spiro atoms. The van der Waals surface area contributed by atoms with Crippen LogP contribution < -0.4 is 4.74 Å². The number of rotatable bonds is 8. The zero-order valence-electron chi connectivity index (χ0n) is 19.1. The second-order valence-corrected chi connectivity index (χ2v) is 11.3. The van der Waals surface area contributed by atoms with Crippen LogP contribution in [0.5, 0.6) is 5.75 Å². The van der Waals surface area contributed by atoms with E-state index in [9.17, 15) is 8.42 Å². The van der Waals surface area contributed by atoms with Gasteiger partial charge in [-0.2, -0.15) is 0 Å². The Kier molecular flexibility index (Phi) is 5.62. The molecule has 1 aliphatic carbocycles. The van der Waals surface area contributed by atoms with Crippen LogP contribution in [0, 0.1) is 13.3 Å². The summed E-state index contributed by atoms with van der Waals surface area (Å²) >= 11 is 0. The lowest BCUT2D eigenvalue weighted by Crippen LogP contribution is -2.16. The number of aromatic amines is 1. The van der Waals surface area contributed by atoms with Gasteiger partial charge in [0, 0.05) is 29.9 Å². The Balaban J connectivity index is 1.63. The summed E-state index contributed by atoms with van der Waals surface area (Å²) < 4.78 is 31.8. The molecule has 0 saturated heterocycles. The van der Waals surface area contributed by atoms with Crippen molar-refractivity contribution < 1.29 is 13.2 Å². The van der Waals surface area contributed by atoms with Gasteiger partial charge in [-0.3, -0.25) is 0 Å². The maximum Gasteiger partial charge on any atom is 0.181 e. The number of nitrogens with one attached hydrogen (secondary N) is 1. The van der Waals surface area contributed by atoms with E-state index in [-0.39, 0.29) is 5.25 Å². The molecular formula is C26H28N3O3S. The summed E-state index contributed by atoms with van der Waals surface area (Å²) in [6.07, 6.45) is 5.42. The first-order valence-corrected chi connectivity index (χ1v) is 12.7. The van der Waals surface area contributed by atoms with Gasteiger partial charge in [-0.05, 0) is 80.9 Å². The van der Waals surface area contributed by atoms with Crippen molar-refractivity contribution in [2.24, 2.45) is 0 Å². The van der Waals surface area contributed by atoms with Crippen molar-refractivity contribution in [2.45, 2.75) is 29.9 Å². The number of nitrogens with zero attached hydrogens (tertiary/aromatic N) is 2. The van der Waals surface area contributed by atoms with E-state index in [0.717, 1.165) is 63.8 Å². The second kappa shape index (κ2) is 8.47. The van der Waals surface area contributed by atoms with Crippen LogP contribution in [0.1, 0.15) is 18.4 Å². The molecule has 1 saturated carbocycles. The Bertz CT molecular complexity index is 1440. The molecule has 2 aromatic heterocycles. The molecule has 7 heteroatoms. The van der Waals surface area contributed by atoms with Crippen molar-refractivity contribution in [1.82, 2.24) is 14.9 Å². The standard InChI is InChI=1S/C26H28N3O3S/c1-17-14-22-24-21(18-6-4-7-20(15-18)33(30,31)19-8-9-19)10-11-23(32-13-5-12-29(2)3)25(24)28-26(22)27-16-17/h4-7,10-11,14-16,19H,8-9,12-13H2,1-3H3,(H,27,28). The van der Waals surface area contributed by atoms with Crippen molar-refractivity contribution in [3.63, 3.8) is 0 Å². The molecule has 0 unspecified atom stereocenters. The zero-order valence-corrected chi connectivity index (χ0v) is 19.9. The molecule has 33 heavy (non-hydrogen) atoms. The fourth-order valence-corrected chi connectivity index (χ4v) is 5.90. The molecule has 1 aliphatic rings. The molecule has 1 fully saturated rings. The number of fused-ring (bicyclic) bond motifs is 3. The van der Waals surface area contributed by atoms with Gasteiger partial charge in [0.25, 0.3) is 0 Å². The van der Waals surface area contributed by atoms with Gasteiger partial charge >= 0.3 is 0 Å². The van der Waals surface area contributed by atoms with Gasteiger partial charge in [-0.15, -0.1) is 0 Å². The van der Waals surface area contributed by atoms with E-state index >= 15 is 0 Å². The molecule has 4 aromatic rings. The molecule has 1 N–H and O–H groups in total.